The predicted molar refractivity (Wildman–Crippen MR) is 135 cm³/mol. The molecule has 2 N–H and O–H groups in total. The second kappa shape index (κ2) is 9.26. The van der Waals surface area contributed by atoms with Crippen molar-refractivity contribution in [3.05, 3.63) is 48.5 Å². The van der Waals surface area contributed by atoms with Crippen LogP contribution in [0.2, 0.25) is 0 Å². The van der Waals surface area contributed by atoms with Crippen LogP contribution in [0.25, 0.3) is 22.2 Å². The van der Waals surface area contributed by atoms with Crippen LogP contribution in [0.5, 0.6) is 0 Å². The number of hydrogen-bond donors (Lipinski definition) is 2. The van der Waals surface area contributed by atoms with Gasteiger partial charge in [0.2, 0.25) is 5.82 Å². The quantitative estimate of drug-likeness (QED) is 0.366. The van der Waals surface area contributed by atoms with Crippen LogP contribution in [0.3, 0.4) is 0 Å². The summed E-state index contributed by atoms with van der Waals surface area (Å²) in [5.41, 5.74) is 4.86. The molecule has 0 bridgehead atoms. The molecule has 2 aliphatic heterocycles. The first kappa shape index (κ1) is 22.1. The van der Waals surface area contributed by atoms with Crippen molar-refractivity contribution in [2.24, 2.45) is 0 Å². The number of nitrogens with zero attached hydrogens (tertiary/aromatic N) is 5. The predicted octanol–water partition coefficient (Wildman–Crippen LogP) is 3.30. The van der Waals surface area contributed by atoms with E-state index in [1.807, 2.05) is 19.3 Å². The molecule has 5 heterocycles. The number of morpholine rings is 1. The van der Waals surface area contributed by atoms with E-state index >= 15 is 0 Å². The van der Waals surface area contributed by atoms with Crippen molar-refractivity contribution in [3.8, 4) is 11.1 Å². The Kier molecular flexibility index (Phi) is 6.19. The third-order valence-electron chi connectivity index (χ3n) is 6.20. The summed E-state index contributed by atoms with van der Waals surface area (Å²) >= 11 is 2.28. The molecule has 0 aliphatic carbocycles. The average molecular weight is 559 g/mol. The van der Waals surface area contributed by atoms with Crippen molar-refractivity contribution in [2.45, 2.75) is 32.4 Å². The van der Waals surface area contributed by atoms with Gasteiger partial charge in [0.15, 0.2) is 0 Å². The molecule has 0 aromatic carbocycles. The number of halogens is 1. The number of amides is 1. The normalized spacial score (nSPS) is 19.6. The molecule has 2 aliphatic rings. The number of pyridine rings is 1. The first-order valence-electron chi connectivity index (χ1n) is 11.1. The molecule has 3 aromatic heterocycles. The fourth-order valence-electron chi connectivity index (χ4n) is 4.22. The highest BCUT2D eigenvalue weighted by Crippen LogP contribution is 2.30. The highest BCUT2D eigenvalue weighted by atomic mass is 127. The molecule has 0 radical (unpaired) electrons. The largest absolute Gasteiger partial charge is 0.378 e. The lowest BCUT2D eigenvalue weighted by atomic mass is 10.1. The van der Waals surface area contributed by atoms with Gasteiger partial charge in [0, 0.05) is 66.5 Å². The van der Waals surface area contributed by atoms with Crippen LogP contribution >= 0.6 is 22.9 Å². The van der Waals surface area contributed by atoms with E-state index in [2.05, 4.69) is 75.3 Å². The first-order valence-corrected chi connectivity index (χ1v) is 12.0. The Balaban J connectivity index is 1.33. The van der Waals surface area contributed by atoms with Crippen LogP contribution in [0, 0.1) is 0 Å². The topological polar surface area (TPSA) is 99.3 Å². The van der Waals surface area contributed by atoms with Gasteiger partial charge in [-0.05, 0) is 31.9 Å². The van der Waals surface area contributed by atoms with Crippen molar-refractivity contribution in [1.29, 1.82) is 0 Å². The third kappa shape index (κ3) is 4.54. The van der Waals surface area contributed by atoms with Gasteiger partial charge in [0.25, 0.3) is 5.91 Å². The number of ether oxygens (including phenoxy) is 1. The fraction of sp³-hybridized carbons (Fsp3) is 0.391. The van der Waals surface area contributed by atoms with Crippen LogP contribution in [0.1, 0.15) is 30.9 Å². The Bertz CT molecular complexity index is 1190. The van der Waals surface area contributed by atoms with E-state index in [1.165, 1.54) is 5.57 Å². The van der Waals surface area contributed by atoms with Crippen LogP contribution in [0.15, 0.2) is 42.6 Å². The molecular formula is C23H26IN7O2. The Morgan fingerprint density at radius 2 is 2.00 bits per heavy atom. The van der Waals surface area contributed by atoms with Crippen LogP contribution in [-0.4, -0.2) is 67.3 Å². The van der Waals surface area contributed by atoms with Gasteiger partial charge in [-0.25, -0.2) is 15.0 Å². The molecule has 2 atom stereocenters. The summed E-state index contributed by atoms with van der Waals surface area (Å²) in [7, 11) is 0. The lowest BCUT2D eigenvalue weighted by Crippen LogP contribution is -2.36. The fourth-order valence-corrected chi connectivity index (χ4v) is 4.77. The van der Waals surface area contributed by atoms with Gasteiger partial charge in [-0.15, -0.1) is 0 Å². The van der Waals surface area contributed by atoms with E-state index in [9.17, 15) is 4.79 Å². The van der Waals surface area contributed by atoms with E-state index < -0.39 is 0 Å². The van der Waals surface area contributed by atoms with Crippen molar-refractivity contribution in [1.82, 2.24) is 28.4 Å². The summed E-state index contributed by atoms with van der Waals surface area (Å²) in [4.78, 5) is 31.5. The maximum atomic E-state index is 12.7. The summed E-state index contributed by atoms with van der Waals surface area (Å²) in [5.74, 6) is -0.111. The van der Waals surface area contributed by atoms with Crippen molar-refractivity contribution >= 4 is 45.5 Å². The second-order valence-corrected chi connectivity index (χ2v) is 9.60. The van der Waals surface area contributed by atoms with Gasteiger partial charge in [-0.3, -0.25) is 4.79 Å². The van der Waals surface area contributed by atoms with Crippen molar-refractivity contribution < 1.29 is 9.53 Å². The molecule has 3 aromatic rings. The molecule has 0 spiro atoms. The minimum absolute atomic E-state index is 0.0682. The summed E-state index contributed by atoms with van der Waals surface area (Å²) in [6, 6.07) is 2.50. The lowest BCUT2D eigenvalue weighted by Gasteiger charge is -2.28. The SMILES string of the molecule is CC(NC(=O)c1ncc(-c2c[nH]c3ncc(N4CCOCC4)cc23)cn1)C1=CN(I)C(C)C1. The van der Waals surface area contributed by atoms with Crippen molar-refractivity contribution in [2.75, 3.05) is 31.2 Å². The van der Waals surface area contributed by atoms with Crippen molar-refractivity contribution in [3.63, 3.8) is 0 Å². The minimum Gasteiger partial charge on any atom is -0.378 e. The Labute approximate surface area is 206 Å². The van der Waals surface area contributed by atoms with Gasteiger partial charge in [0.05, 0.1) is 48.0 Å². The standard InChI is InChI=1S/C23H26IN7O2/c1-14-7-16(13-31(14)24)15(2)29-23(32)22-25-9-17(10-26-22)20-12-28-21-19(20)8-18(11-27-21)30-3-5-33-6-4-30/h8-15H,3-7H2,1-2H3,(H,27,28)(H,29,32). The number of nitrogens with one attached hydrogen (secondary N) is 2. The van der Waals surface area contributed by atoms with Crippen LogP contribution < -0.4 is 10.2 Å². The third-order valence-corrected chi connectivity index (χ3v) is 7.43. The first-order chi connectivity index (χ1) is 16.0. The van der Waals surface area contributed by atoms with Gasteiger partial charge in [-0.2, -0.15) is 0 Å². The Hall–Kier alpha value is -2.73. The Morgan fingerprint density at radius 3 is 2.70 bits per heavy atom. The molecule has 9 nitrogen and oxygen atoms in total. The van der Waals surface area contributed by atoms with Crippen LogP contribution in [-0.2, 0) is 4.74 Å². The molecule has 1 saturated heterocycles. The van der Waals surface area contributed by atoms with Crippen LogP contribution in [0.4, 0.5) is 5.69 Å². The van der Waals surface area contributed by atoms with E-state index in [4.69, 9.17) is 4.74 Å². The number of aromatic amines is 1. The van der Waals surface area contributed by atoms with E-state index in [1.54, 1.807) is 12.4 Å². The van der Waals surface area contributed by atoms with Gasteiger partial charge in [0.1, 0.15) is 5.65 Å². The van der Waals surface area contributed by atoms with Gasteiger partial charge in [-0.1, -0.05) is 0 Å². The van der Waals surface area contributed by atoms with E-state index in [0.717, 1.165) is 60.6 Å². The number of aromatic nitrogens is 4. The number of rotatable bonds is 5. The maximum absolute atomic E-state index is 12.7. The average Bonchev–Trinajstić information content (AvgIpc) is 3.42. The molecule has 1 amide bonds. The molecule has 172 valence electrons. The maximum Gasteiger partial charge on any atom is 0.289 e. The Morgan fingerprint density at radius 1 is 1.24 bits per heavy atom. The van der Waals surface area contributed by atoms with E-state index in [-0.39, 0.29) is 17.8 Å². The number of H-pyrrole nitrogens is 1. The minimum atomic E-state index is -0.273. The summed E-state index contributed by atoms with van der Waals surface area (Å²) in [6.07, 6.45) is 10.2. The molecular weight excluding hydrogens is 533 g/mol. The summed E-state index contributed by atoms with van der Waals surface area (Å²) in [5, 5.41) is 4.01. The lowest BCUT2D eigenvalue weighted by molar-refractivity contribution is 0.0934. The van der Waals surface area contributed by atoms with E-state index in [0.29, 0.717) is 6.04 Å². The number of fused-ring (bicyclic) bond motifs is 1. The number of hydrogen-bond acceptors (Lipinski definition) is 7. The highest BCUT2D eigenvalue weighted by Gasteiger charge is 2.24. The number of carbonyl (C=O) groups is 1. The zero-order valence-corrected chi connectivity index (χ0v) is 20.7. The van der Waals surface area contributed by atoms with Gasteiger partial charge >= 0.3 is 0 Å². The molecule has 33 heavy (non-hydrogen) atoms. The molecule has 10 heteroatoms. The smallest absolute Gasteiger partial charge is 0.289 e. The number of anilines is 1. The highest BCUT2D eigenvalue weighted by molar-refractivity contribution is 14.1. The monoisotopic (exact) mass is 559 g/mol. The summed E-state index contributed by atoms with van der Waals surface area (Å²) in [6.45, 7) is 7.30. The molecule has 5 rings (SSSR count). The zero-order chi connectivity index (χ0) is 22.9. The summed E-state index contributed by atoms with van der Waals surface area (Å²) < 4.78 is 7.60. The zero-order valence-electron chi connectivity index (χ0n) is 18.6. The second-order valence-electron chi connectivity index (χ2n) is 8.48. The molecule has 0 saturated carbocycles. The van der Waals surface area contributed by atoms with Gasteiger partial charge < -0.3 is 23.1 Å². The number of carbonyl (C=O) groups excluding carboxylic acids is 1. The molecule has 1 fully saturated rings. The molecule has 2 unspecified atom stereocenters.